The highest BCUT2D eigenvalue weighted by Gasteiger charge is 2.14. The van der Waals surface area contributed by atoms with Gasteiger partial charge in [-0.05, 0) is 30.9 Å². The van der Waals surface area contributed by atoms with Crippen LogP contribution in [0.15, 0.2) is 28.2 Å². The Labute approximate surface area is 156 Å². The number of hydrogen-bond donors (Lipinski definition) is 1. The first-order valence-corrected chi connectivity index (χ1v) is 9.72. The van der Waals surface area contributed by atoms with E-state index in [0.717, 1.165) is 12.8 Å². The summed E-state index contributed by atoms with van der Waals surface area (Å²) in [7, 11) is 0. The molecule has 0 fully saturated rings. The Morgan fingerprint density at radius 1 is 1.36 bits per heavy atom. The molecule has 0 saturated heterocycles. The zero-order valence-electron chi connectivity index (χ0n) is 14.3. The van der Waals surface area contributed by atoms with Crippen LogP contribution in [0.5, 0.6) is 5.75 Å². The summed E-state index contributed by atoms with van der Waals surface area (Å²) in [5.74, 6) is 0.593. The maximum absolute atomic E-state index is 12.0. The Hall–Kier alpha value is -1.97. The molecular formula is C18H20ClN3O2S. The van der Waals surface area contributed by atoms with Crippen LogP contribution in [-0.2, 0) is 0 Å². The molecule has 7 heteroatoms. The number of aromatic amines is 1. The van der Waals surface area contributed by atoms with Crippen molar-refractivity contribution in [3.8, 4) is 23.1 Å². The van der Waals surface area contributed by atoms with Crippen LogP contribution in [0.4, 0.5) is 0 Å². The third kappa shape index (κ3) is 5.00. The Balaban J connectivity index is 2.25. The van der Waals surface area contributed by atoms with Crippen LogP contribution in [0.2, 0.25) is 5.02 Å². The number of rotatable bonds is 8. The topological polar surface area (TPSA) is 78.8 Å². The van der Waals surface area contributed by atoms with E-state index in [0.29, 0.717) is 33.8 Å². The second kappa shape index (κ2) is 9.50. The molecule has 0 aliphatic carbocycles. The lowest BCUT2D eigenvalue weighted by molar-refractivity contribution is 0.305. The summed E-state index contributed by atoms with van der Waals surface area (Å²) in [5.41, 5.74) is 0.458. The number of nitrogens with zero attached hydrogens (tertiary/aromatic N) is 2. The standard InChI is InChI=1S/C18H20ClN3O2S/c1-3-4-5-6-9-24-15-8-7-12(10-14(15)19)16-13(11-20)17(23)22-18(21-16)25-2/h7-8,10H,3-6,9H2,1-2H3,(H,21,22,23). The predicted molar refractivity (Wildman–Crippen MR) is 101 cm³/mol. The van der Waals surface area contributed by atoms with Gasteiger partial charge in [0.15, 0.2) is 5.16 Å². The predicted octanol–water partition coefficient (Wildman–Crippen LogP) is 4.64. The van der Waals surface area contributed by atoms with Crippen LogP contribution in [0.3, 0.4) is 0 Å². The molecule has 132 valence electrons. The van der Waals surface area contributed by atoms with Gasteiger partial charge in [0.1, 0.15) is 17.4 Å². The number of H-pyrrole nitrogens is 1. The van der Waals surface area contributed by atoms with Crippen molar-refractivity contribution in [3.63, 3.8) is 0 Å². The van der Waals surface area contributed by atoms with Crippen molar-refractivity contribution >= 4 is 23.4 Å². The highest BCUT2D eigenvalue weighted by Crippen LogP contribution is 2.31. The smallest absolute Gasteiger partial charge is 0.270 e. The number of nitrogens with one attached hydrogen (secondary N) is 1. The fraction of sp³-hybridized carbons (Fsp3) is 0.389. The molecule has 1 aromatic carbocycles. The number of halogens is 1. The van der Waals surface area contributed by atoms with Crippen LogP contribution in [0.1, 0.15) is 38.2 Å². The lowest BCUT2D eigenvalue weighted by atomic mass is 10.1. The van der Waals surface area contributed by atoms with E-state index in [1.165, 1.54) is 24.6 Å². The molecule has 0 radical (unpaired) electrons. The molecule has 0 saturated carbocycles. The number of benzene rings is 1. The van der Waals surface area contributed by atoms with Gasteiger partial charge in [-0.15, -0.1) is 0 Å². The highest BCUT2D eigenvalue weighted by atomic mass is 35.5. The minimum atomic E-state index is -0.454. The Bertz CT molecular complexity index is 830. The van der Waals surface area contributed by atoms with Gasteiger partial charge in [-0.1, -0.05) is 49.5 Å². The number of aromatic nitrogens is 2. The molecule has 5 nitrogen and oxygen atoms in total. The lowest BCUT2D eigenvalue weighted by Gasteiger charge is -2.10. The summed E-state index contributed by atoms with van der Waals surface area (Å²) in [6.45, 7) is 2.78. The first-order valence-electron chi connectivity index (χ1n) is 8.11. The molecule has 0 bridgehead atoms. The van der Waals surface area contributed by atoms with Gasteiger partial charge in [0.25, 0.3) is 5.56 Å². The number of unbranched alkanes of at least 4 members (excludes halogenated alkanes) is 3. The summed E-state index contributed by atoms with van der Waals surface area (Å²) < 4.78 is 5.71. The first-order chi connectivity index (χ1) is 12.1. The molecule has 0 amide bonds. The fourth-order valence-corrected chi connectivity index (χ4v) is 2.95. The molecule has 0 aliphatic heterocycles. The van der Waals surface area contributed by atoms with E-state index in [1.807, 2.05) is 6.07 Å². The third-order valence-electron chi connectivity index (χ3n) is 3.66. The maximum atomic E-state index is 12.0. The van der Waals surface area contributed by atoms with Gasteiger partial charge in [0.05, 0.1) is 17.3 Å². The molecular weight excluding hydrogens is 358 g/mol. The molecule has 2 aromatic rings. The molecule has 1 N–H and O–H groups in total. The minimum Gasteiger partial charge on any atom is -0.492 e. The zero-order valence-corrected chi connectivity index (χ0v) is 15.8. The van der Waals surface area contributed by atoms with Crippen LogP contribution in [-0.4, -0.2) is 22.8 Å². The Morgan fingerprint density at radius 2 is 2.16 bits per heavy atom. The molecule has 1 heterocycles. The highest BCUT2D eigenvalue weighted by molar-refractivity contribution is 7.98. The monoisotopic (exact) mass is 377 g/mol. The summed E-state index contributed by atoms with van der Waals surface area (Å²) in [4.78, 5) is 18.9. The molecule has 0 atom stereocenters. The molecule has 0 aliphatic rings. The summed E-state index contributed by atoms with van der Waals surface area (Å²) in [6.07, 6.45) is 6.29. The van der Waals surface area contributed by atoms with Crippen LogP contribution in [0.25, 0.3) is 11.3 Å². The van der Waals surface area contributed by atoms with Gasteiger partial charge < -0.3 is 9.72 Å². The number of hydrogen-bond acceptors (Lipinski definition) is 5. The molecule has 0 unspecified atom stereocenters. The Kier molecular flexibility index (Phi) is 7.35. The van der Waals surface area contributed by atoms with Crippen molar-refractivity contribution in [3.05, 3.63) is 39.1 Å². The quantitative estimate of drug-likeness (QED) is 0.411. The van der Waals surface area contributed by atoms with Crippen LogP contribution in [0, 0.1) is 11.3 Å². The second-order valence-corrected chi connectivity index (χ2v) is 6.67. The average Bonchev–Trinajstić information content (AvgIpc) is 2.61. The van der Waals surface area contributed by atoms with Gasteiger partial charge in [-0.2, -0.15) is 5.26 Å². The lowest BCUT2D eigenvalue weighted by Crippen LogP contribution is -2.14. The van der Waals surface area contributed by atoms with E-state index in [2.05, 4.69) is 16.9 Å². The maximum Gasteiger partial charge on any atom is 0.270 e. The van der Waals surface area contributed by atoms with Crippen molar-refractivity contribution in [2.24, 2.45) is 0 Å². The molecule has 25 heavy (non-hydrogen) atoms. The van der Waals surface area contributed by atoms with E-state index >= 15 is 0 Å². The number of ether oxygens (including phenoxy) is 1. The fourth-order valence-electron chi connectivity index (χ4n) is 2.34. The van der Waals surface area contributed by atoms with Gasteiger partial charge in [-0.25, -0.2) is 4.98 Å². The SMILES string of the molecule is CCCCCCOc1ccc(-c2nc(SC)[nH]c(=O)c2C#N)cc1Cl. The summed E-state index contributed by atoms with van der Waals surface area (Å²) in [6, 6.07) is 7.10. The van der Waals surface area contributed by atoms with E-state index in [4.69, 9.17) is 16.3 Å². The largest absolute Gasteiger partial charge is 0.492 e. The van der Waals surface area contributed by atoms with Crippen molar-refractivity contribution in [1.29, 1.82) is 5.26 Å². The van der Waals surface area contributed by atoms with Gasteiger partial charge in [-0.3, -0.25) is 4.79 Å². The van der Waals surface area contributed by atoms with Gasteiger partial charge in [0.2, 0.25) is 0 Å². The van der Waals surface area contributed by atoms with Gasteiger partial charge >= 0.3 is 0 Å². The molecule has 2 rings (SSSR count). The summed E-state index contributed by atoms with van der Waals surface area (Å²) in [5, 5.41) is 10.1. The van der Waals surface area contributed by atoms with Crippen LogP contribution < -0.4 is 10.3 Å². The summed E-state index contributed by atoms with van der Waals surface area (Å²) >= 11 is 7.60. The van der Waals surface area contributed by atoms with Crippen molar-refractivity contribution in [2.75, 3.05) is 12.9 Å². The molecule has 1 aromatic heterocycles. The zero-order chi connectivity index (χ0) is 18.2. The number of thioether (sulfide) groups is 1. The number of nitriles is 1. The third-order valence-corrected chi connectivity index (χ3v) is 4.54. The molecule has 0 spiro atoms. The van der Waals surface area contributed by atoms with Crippen molar-refractivity contribution in [2.45, 2.75) is 37.8 Å². The van der Waals surface area contributed by atoms with Gasteiger partial charge in [0, 0.05) is 5.56 Å². The van der Waals surface area contributed by atoms with E-state index in [9.17, 15) is 10.1 Å². The van der Waals surface area contributed by atoms with Crippen LogP contribution >= 0.6 is 23.4 Å². The minimum absolute atomic E-state index is 0.0258. The average molecular weight is 378 g/mol. The Morgan fingerprint density at radius 3 is 2.80 bits per heavy atom. The first kappa shape index (κ1) is 19.4. The normalized spacial score (nSPS) is 10.5. The van der Waals surface area contributed by atoms with E-state index in [-0.39, 0.29) is 5.56 Å². The van der Waals surface area contributed by atoms with E-state index < -0.39 is 5.56 Å². The second-order valence-electron chi connectivity index (χ2n) is 5.46. The van der Waals surface area contributed by atoms with Crippen molar-refractivity contribution < 1.29 is 4.74 Å². The van der Waals surface area contributed by atoms with E-state index in [1.54, 1.807) is 24.5 Å². The van der Waals surface area contributed by atoms with Crippen molar-refractivity contribution in [1.82, 2.24) is 9.97 Å².